The fourth-order valence-corrected chi connectivity index (χ4v) is 2.48. The Morgan fingerprint density at radius 3 is 3.00 bits per heavy atom. The van der Waals surface area contributed by atoms with Crippen LogP contribution in [0.2, 0.25) is 5.02 Å². The van der Waals surface area contributed by atoms with E-state index in [0.29, 0.717) is 23.7 Å². The van der Waals surface area contributed by atoms with Crippen LogP contribution in [-0.4, -0.2) is 32.1 Å². The Morgan fingerprint density at radius 2 is 2.21 bits per heavy atom. The Balaban J connectivity index is 1.83. The van der Waals surface area contributed by atoms with Gasteiger partial charge in [-0.05, 0) is 34.1 Å². The summed E-state index contributed by atoms with van der Waals surface area (Å²) in [5, 5.41) is 8.38. The molecule has 2 heterocycles. The van der Waals surface area contributed by atoms with Crippen molar-refractivity contribution >= 4 is 33.4 Å². The van der Waals surface area contributed by atoms with E-state index in [1.807, 2.05) is 4.57 Å². The lowest BCUT2D eigenvalue weighted by molar-refractivity contribution is 0.0707. The van der Waals surface area contributed by atoms with Gasteiger partial charge in [-0.25, -0.2) is 0 Å². The molecule has 0 fully saturated rings. The number of hydrogen-bond acceptors (Lipinski definition) is 3. The van der Waals surface area contributed by atoms with Gasteiger partial charge in [-0.3, -0.25) is 4.79 Å². The van der Waals surface area contributed by atoms with Crippen LogP contribution >= 0.6 is 27.5 Å². The van der Waals surface area contributed by atoms with Crippen molar-refractivity contribution in [3.8, 4) is 0 Å². The molecule has 1 aliphatic heterocycles. The number of aromatic nitrogens is 3. The van der Waals surface area contributed by atoms with Gasteiger partial charge in [0.25, 0.3) is 5.91 Å². The second kappa shape index (κ2) is 4.94. The van der Waals surface area contributed by atoms with Gasteiger partial charge < -0.3 is 9.47 Å². The molecule has 7 heteroatoms. The van der Waals surface area contributed by atoms with Crippen molar-refractivity contribution in [1.29, 1.82) is 0 Å². The van der Waals surface area contributed by atoms with Gasteiger partial charge in [0.2, 0.25) is 0 Å². The molecule has 0 N–H and O–H groups in total. The second-order valence-electron chi connectivity index (χ2n) is 4.30. The first-order valence-electron chi connectivity index (χ1n) is 5.76. The van der Waals surface area contributed by atoms with E-state index in [2.05, 4.69) is 26.1 Å². The molecule has 5 nitrogen and oxygen atoms in total. The number of fused-ring (bicyclic) bond motifs is 1. The van der Waals surface area contributed by atoms with Crippen LogP contribution < -0.4 is 0 Å². The van der Waals surface area contributed by atoms with E-state index in [-0.39, 0.29) is 5.91 Å². The summed E-state index contributed by atoms with van der Waals surface area (Å²) in [6, 6.07) is 5.22. The molecule has 0 spiro atoms. The molecule has 3 rings (SSSR count). The van der Waals surface area contributed by atoms with Crippen molar-refractivity contribution in [2.75, 3.05) is 6.54 Å². The highest BCUT2D eigenvalue weighted by Gasteiger charge is 2.23. The van der Waals surface area contributed by atoms with Gasteiger partial charge in [0, 0.05) is 23.1 Å². The van der Waals surface area contributed by atoms with Crippen LogP contribution in [0, 0.1) is 0 Å². The van der Waals surface area contributed by atoms with E-state index in [4.69, 9.17) is 11.6 Å². The molecule has 0 atom stereocenters. The molecule has 1 aromatic carbocycles. The van der Waals surface area contributed by atoms with Crippen molar-refractivity contribution in [2.24, 2.45) is 0 Å². The minimum absolute atomic E-state index is 0.0383. The first-order valence-corrected chi connectivity index (χ1v) is 6.93. The van der Waals surface area contributed by atoms with Gasteiger partial charge in [0.15, 0.2) is 5.82 Å². The van der Waals surface area contributed by atoms with Crippen molar-refractivity contribution in [2.45, 2.75) is 13.1 Å². The molecule has 0 radical (unpaired) electrons. The zero-order valence-corrected chi connectivity index (χ0v) is 12.2. The zero-order chi connectivity index (χ0) is 13.4. The third-order valence-corrected chi connectivity index (χ3v) is 4.33. The lowest BCUT2D eigenvalue weighted by atomic mass is 10.2. The number of amides is 1. The van der Waals surface area contributed by atoms with Crippen LogP contribution in [0.15, 0.2) is 29.0 Å². The Kier molecular flexibility index (Phi) is 3.28. The SMILES string of the molecule is O=C(c1ccc(Br)c(Cl)c1)N1CCn2cnnc2C1. The molecule has 0 saturated heterocycles. The van der Waals surface area contributed by atoms with Crippen LogP contribution in [0.5, 0.6) is 0 Å². The Bertz CT molecular complexity index is 642. The fourth-order valence-electron chi connectivity index (χ4n) is 2.05. The number of hydrogen-bond donors (Lipinski definition) is 0. The smallest absolute Gasteiger partial charge is 0.254 e. The maximum absolute atomic E-state index is 12.4. The van der Waals surface area contributed by atoms with E-state index in [0.717, 1.165) is 16.8 Å². The molecule has 1 aliphatic rings. The quantitative estimate of drug-likeness (QED) is 0.800. The summed E-state index contributed by atoms with van der Waals surface area (Å²) in [4.78, 5) is 14.1. The molecule has 19 heavy (non-hydrogen) atoms. The largest absolute Gasteiger partial charge is 0.329 e. The van der Waals surface area contributed by atoms with Crippen LogP contribution in [0.25, 0.3) is 0 Å². The first kappa shape index (κ1) is 12.6. The Morgan fingerprint density at radius 1 is 1.37 bits per heavy atom. The molecule has 0 aliphatic carbocycles. The summed E-state index contributed by atoms with van der Waals surface area (Å²) in [7, 11) is 0. The molecule has 0 saturated carbocycles. The highest BCUT2D eigenvalue weighted by molar-refractivity contribution is 9.10. The number of halogens is 2. The zero-order valence-electron chi connectivity index (χ0n) is 9.88. The molecule has 2 aromatic rings. The predicted molar refractivity (Wildman–Crippen MR) is 73.9 cm³/mol. The van der Waals surface area contributed by atoms with Crippen LogP contribution in [0.3, 0.4) is 0 Å². The summed E-state index contributed by atoms with van der Waals surface area (Å²) >= 11 is 9.33. The average molecular weight is 342 g/mol. The topological polar surface area (TPSA) is 51.0 Å². The van der Waals surface area contributed by atoms with E-state index in [1.165, 1.54) is 0 Å². The van der Waals surface area contributed by atoms with Crippen molar-refractivity contribution in [3.63, 3.8) is 0 Å². The van der Waals surface area contributed by atoms with E-state index < -0.39 is 0 Å². The van der Waals surface area contributed by atoms with E-state index in [1.54, 1.807) is 29.4 Å². The molecule has 0 bridgehead atoms. The van der Waals surface area contributed by atoms with Crippen molar-refractivity contribution in [3.05, 3.63) is 45.4 Å². The molecular formula is C12H10BrClN4O. The second-order valence-corrected chi connectivity index (χ2v) is 5.56. The molecule has 98 valence electrons. The highest BCUT2D eigenvalue weighted by atomic mass is 79.9. The number of benzene rings is 1. The minimum atomic E-state index is -0.0383. The lowest BCUT2D eigenvalue weighted by Gasteiger charge is -2.27. The Labute approximate surface area is 123 Å². The van der Waals surface area contributed by atoms with Gasteiger partial charge in [-0.15, -0.1) is 10.2 Å². The molecule has 1 aromatic heterocycles. The van der Waals surface area contributed by atoms with E-state index in [9.17, 15) is 4.79 Å². The number of nitrogens with zero attached hydrogens (tertiary/aromatic N) is 4. The van der Waals surface area contributed by atoms with Gasteiger partial charge in [0.05, 0.1) is 11.6 Å². The number of carbonyl (C=O) groups is 1. The van der Waals surface area contributed by atoms with Gasteiger partial charge >= 0.3 is 0 Å². The average Bonchev–Trinajstić information content (AvgIpc) is 2.88. The number of rotatable bonds is 1. The number of carbonyl (C=O) groups excluding carboxylic acids is 1. The lowest BCUT2D eigenvalue weighted by Crippen LogP contribution is -2.38. The maximum Gasteiger partial charge on any atom is 0.254 e. The monoisotopic (exact) mass is 340 g/mol. The summed E-state index contributed by atoms with van der Waals surface area (Å²) in [5.74, 6) is 0.770. The summed E-state index contributed by atoms with van der Waals surface area (Å²) < 4.78 is 2.74. The van der Waals surface area contributed by atoms with Gasteiger partial charge in [-0.2, -0.15) is 0 Å². The minimum Gasteiger partial charge on any atom is -0.329 e. The predicted octanol–water partition coefficient (Wildman–Crippen LogP) is 2.35. The summed E-state index contributed by atoms with van der Waals surface area (Å²) in [6.07, 6.45) is 1.69. The van der Waals surface area contributed by atoms with Crippen molar-refractivity contribution in [1.82, 2.24) is 19.7 Å². The van der Waals surface area contributed by atoms with Crippen LogP contribution in [0.4, 0.5) is 0 Å². The van der Waals surface area contributed by atoms with Gasteiger partial charge in [0.1, 0.15) is 6.33 Å². The normalized spacial score (nSPS) is 14.3. The standard InChI is InChI=1S/C12H10BrClN4O/c13-9-2-1-8(5-10(9)14)12(19)17-3-4-18-7-15-16-11(18)6-17/h1-2,5,7H,3-4,6H2. The first-order chi connectivity index (χ1) is 9.15. The third kappa shape index (κ3) is 2.37. The summed E-state index contributed by atoms with van der Waals surface area (Å²) in [6.45, 7) is 1.85. The third-order valence-electron chi connectivity index (χ3n) is 3.09. The Hall–Kier alpha value is -1.40. The van der Waals surface area contributed by atoms with Crippen LogP contribution in [-0.2, 0) is 13.1 Å². The van der Waals surface area contributed by atoms with Crippen LogP contribution in [0.1, 0.15) is 16.2 Å². The van der Waals surface area contributed by atoms with E-state index >= 15 is 0 Å². The van der Waals surface area contributed by atoms with Crippen molar-refractivity contribution < 1.29 is 4.79 Å². The fraction of sp³-hybridized carbons (Fsp3) is 0.250. The molecule has 1 amide bonds. The van der Waals surface area contributed by atoms with Gasteiger partial charge in [-0.1, -0.05) is 11.6 Å². The maximum atomic E-state index is 12.4. The molecular weight excluding hydrogens is 332 g/mol. The summed E-state index contributed by atoms with van der Waals surface area (Å²) in [5.41, 5.74) is 0.584. The highest BCUT2D eigenvalue weighted by Crippen LogP contribution is 2.24. The molecule has 0 unspecified atom stereocenters.